The number of aliphatic hydroxyl groups excluding tert-OH is 1. The molecule has 1 aliphatic heterocycles. The van der Waals surface area contributed by atoms with Crippen LogP contribution in [0.3, 0.4) is 0 Å². The van der Waals surface area contributed by atoms with Gasteiger partial charge in [-0.05, 0) is 25.9 Å². The molecule has 0 aromatic rings. The third kappa shape index (κ3) is 3.01. The monoisotopic (exact) mass is 175 g/mol. The molecule has 1 N–H and O–H groups in total. The van der Waals surface area contributed by atoms with E-state index >= 15 is 0 Å². The molecule has 1 aliphatic rings. The van der Waals surface area contributed by atoms with E-state index in [9.17, 15) is 0 Å². The maximum Gasteiger partial charge on any atom is 0.0558 e. The van der Waals surface area contributed by atoms with Crippen molar-refractivity contribution in [2.24, 2.45) is 0 Å². The molecule has 66 valence electrons. The number of rotatable bonds is 2. The number of nitrogens with zero attached hydrogens (tertiary/aromatic N) is 1. The molecule has 1 rings (SSSR count). The van der Waals surface area contributed by atoms with Crippen LogP contribution in [-0.2, 0) is 0 Å². The lowest BCUT2D eigenvalue weighted by atomic mass is 9.98. The lowest BCUT2D eigenvalue weighted by Gasteiger charge is -2.35. The van der Waals surface area contributed by atoms with Crippen LogP contribution in [0.4, 0.5) is 0 Å². The number of β-amino-alcohol motifs (C(OH)–C–C–N with tert-alkyl or cyclic N) is 1. The number of hydrogen-bond acceptors (Lipinski definition) is 3. The first kappa shape index (κ1) is 9.36. The number of aliphatic hydroxyl groups is 1. The number of likely N-dealkylation sites (tertiary alicyclic amines) is 1. The highest BCUT2D eigenvalue weighted by molar-refractivity contribution is 7.81. The highest BCUT2D eigenvalue weighted by Gasteiger charge is 2.25. The van der Waals surface area contributed by atoms with E-state index in [0.717, 1.165) is 32.5 Å². The van der Waals surface area contributed by atoms with Gasteiger partial charge in [0.15, 0.2) is 0 Å². The van der Waals surface area contributed by atoms with Crippen LogP contribution >= 0.6 is 12.6 Å². The van der Waals surface area contributed by atoms with Gasteiger partial charge in [-0.1, -0.05) is 6.92 Å². The molecule has 0 radical (unpaired) electrons. The SMILES string of the molecule is CC1(S)CCN(CCO)CC1. The van der Waals surface area contributed by atoms with E-state index in [4.69, 9.17) is 5.11 Å². The maximum atomic E-state index is 8.69. The van der Waals surface area contributed by atoms with Crippen molar-refractivity contribution < 1.29 is 5.11 Å². The summed E-state index contributed by atoms with van der Waals surface area (Å²) in [7, 11) is 0. The molecule has 0 aromatic heterocycles. The Kier molecular flexibility index (Phi) is 3.22. The topological polar surface area (TPSA) is 23.5 Å². The molecule has 1 heterocycles. The highest BCUT2D eigenvalue weighted by atomic mass is 32.1. The molecule has 2 nitrogen and oxygen atoms in total. The van der Waals surface area contributed by atoms with Crippen molar-refractivity contribution in [3.05, 3.63) is 0 Å². The zero-order valence-corrected chi connectivity index (χ0v) is 7.98. The van der Waals surface area contributed by atoms with Gasteiger partial charge in [0.2, 0.25) is 0 Å². The molecule has 3 heteroatoms. The minimum absolute atomic E-state index is 0.228. The van der Waals surface area contributed by atoms with Crippen molar-refractivity contribution in [2.45, 2.75) is 24.5 Å². The van der Waals surface area contributed by atoms with Crippen LogP contribution in [0.2, 0.25) is 0 Å². The first-order valence-electron chi connectivity index (χ1n) is 4.20. The minimum Gasteiger partial charge on any atom is -0.395 e. The van der Waals surface area contributed by atoms with Gasteiger partial charge >= 0.3 is 0 Å². The summed E-state index contributed by atoms with van der Waals surface area (Å²) in [5, 5.41) is 8.69. The van der Waals surface area contributed by atoms with E-state index in [-0.39, 0.29) is 11.4 Å². The standard InChI is InChI=1S/C8H17NOS/c1-8(11)2-4-9(5-3-8)6-7-10/h10-11H,2-7H2,1H3. The summed E-state index contributed by atoms with van der Waals surface area (Å²) < 4.78 is 0.228. The Morgan fingerprint density at radius 3 is 2.45 bits per heavy atom. The van der Waals surface area contributed by atoms with E-state index in [0.29, 0.717) is 0 Å². The third-order valence-electron chi connectivity index (χ3n) is 2.35. The summed E-state index contributed by atoms with van der Waals surface area (Å²) in [6, 6.07) is 0. The molecule has 0 spiro atoms. The zero-order valence-electron chi connectivity index (χ0n) is 7.08. The molecule has 0 atom stereocenters. The van der Waals surface area contributed by atoms with Crippen molar-refractivity contribution in [3.8, 4) is 0 Å². The van der Waals surface area contributed by atoms with Gasteiger partial charge in [-0.25, -0.2) is 0 Å². The van der Waals surface area contributed by atoms with Crippen LogP contribution in [0.5, 0.6) is 0 Å². The average molecular weight is 175 g/mol. The van der Waals surface area contributed by atoms with Gasteiger partial charge < -0.3 is 10.0 Å². The van der Waals surface area contributed by atoms with Crippen molar-refractivity contribution in [1.82, 2.24) is 4.90 Å². The van der Waals surface area contributed by atoms with Gasteiger partial charge in [0.25, 0.3) is 0 Å². The van der Waals surface area contributed by atoms with Gasteiger partial charge in [0.05, 0.1) is 6.61 Å². The summed E-state index contributed by atoms with van der Waals surface area (Å²) in [6.45, 7) is 5.46. The summed E-state index contributed by atoms with van der Waals surface area (Å²) in [5.41, 5.74) is 0. The second kappa shape index (κ2) is 3.78. The lowest BCUT2D eigenvalue weighted by molar-refractivity contribution is 0.161. The molecular formula is C8H17NOS. The second-order valence-electron chi connectivity index (χ2n) is 3.56. The normalized spacial score (nSPS) is 25.4. The first-order chi connectivity index (χ1) is 5.14. The Morgan fingerprint density at radius 1 is 1.45 bits per heavy atom. The highest BCUT2D eigenvalue weighted by Crippen LogP contribution is 2.27. The summed E-state index contributed by atoms with van der Waals surface area (Å²) >= 11 is 4.54. The predicted molar refractivity (Wildman–Crippen MR) is 50.2 cm³/mol. The Morgan fingerprint density at radius 2 is 2.00 bits per heavy atom. The Hall–Kier alpha value is 0.270. The molecule has 1 fully saturated rings. The van der Waals surface area contributed by atoms with Crippen LogP contribution in [0.1, 0.15) is 19.8 Å². The molecule has 0 unspecified atom stereocenters. The third-order valence-corrected chi connectivity index (χ3v) is 2.80. The van der Waals surface area contributed by atoms with Crippen LogP contribution < -0.4 is 0 Å². The lowest BCUT2D eigenvalue weighted by Crippen LogP contribution is -2.40. The molecule has 0 aromatic carbocycles. The van der Waals surface area contributed by atoms with Gasteiger partial charge in [-0.15, -0.1) is 0 Å². The van der Waals surface area contributed by atoms with E-state index < -0.39 is 0 Å². The predicted octanol–water partition coefficient (Wildman–Crippen LogP) is 0.763. The molecular weight excluding hydrogens is 158 g/mol. The maximum absolute atomic E-state index is 8.69. The zero-order chi connectivity index (χ0) is 8.32. The van der Waals surface area contributed by atoms with Crippen LogP contribution in [0, 0.1) is 0 Å². The van der Waals surface area contributed by atoms with Crippen LogP contribution in [-0.4, -0.2) is 41.0 Å². The van der Waals surface area contributed by atoms with Gasteiger partial charge in [-0.2, -0.15) is 12.6 Å². The fourth-order valence-corrected chi connectivity index (χ4v) is 1.60. The van der Waals surface area contributed by atoms with E-state index in [1.165, 1.54) is 0 Å². The second-order valence-corrected chi connectivity index (χ2v) is 4.64. The quantitative estimate of drug-likeness (QED) is 0.605. The van der Waals surface area contributed by atoms with E-state index in [1.807, 2.05) is 0 Å². The Bertz CT molecular complexity index is 117. The van der Waals surface area contributed by atoms with Gasteiger partial charge in [-0.3, -0.25) is 0 Å². The number of hydrogen-bond donors (Lipinski definition) is 2. The van der Waals surface area contributed by atoms with Gasteiger partial charge in [0.1, 0.15) is 0 Å². The first-order valence-corrected chi connectivity index (χ1v) is 4.64. The van der Waals surface area contributed by atoms with Gasteiger partial charge in [0, 0.05) is 11.3 Å². The summed E-state index contributed by atoms with van der Waals surface area (Å²) in [5.74, 6) is 0. The van der Waals surface area contributed by atoms with Crippen LogP contribution in [0.25, 0.3) is 0 Å². The fraction of sp³-hybridized carbons (Fsp3) is 1.00. The smallest absolute Gasteiger partial charge is 0.0558 e. The summed E-state index contributed by atoms with van der Waals surface area (Å²) in [6.07, 6.45) is 2.27. The molecule has 0 aliphatic carbocycles. The Balaban J connectivity index is 2.25. The Labute approximate surface area is 74.0 Å². The summed E-state index contributed by atoms with van der Waals surface area (Å²) in [4.78, 5) is 2.29. The van der Waals surface area contributed by atoms with Crippen LogP contribution in [0.15, 0.2) is 0 Å². The fourth-order valence-electron chi connectivity index (χ4n) is 1.40. The molecule has 0 amide bonds. The van der Waals surface area contributed by atoms with E-state index in [1.54, 1.807) is 0 Å². The van der Waals surface area contributed by atoms with Crippen molar-refractivity contribution in [1.29, 1.82) is 0 Å². The molecule has 1 saturated heterocycles. The van der Waals surface area contributed by atoms with Crippen molar-refractivity contribution in [3.63, 3.8) is 0 Å². The largest absolute Gasteiger partial charge is 0.395 e. The van der Waals surface area contributed by atoms with Crippen molar-refractivity contribution in [2.75, 3.05) is 26.2 Å². The molecule has 11 heavy (non-hydrogen) atoms. The average Bonchev–Trinajstić information content (AvgIpc) is 1.94. The number of thiol groups is 1. The van der Waals surface area contributed by atoms with E-state index in [2.05, 4.69) is 24.5 Å². The number of piperidine rings is 1. The van der Waals surface area contributed by atoms with Crippen molar-refractivity contribution >= 4 is 12.6 Å². The molecule has 0 saturated carbocycles. The molecule has 0 bridgehead atoms. The minimum atomic E-state index is 0.228.